The lowest BCUT2D eigenvalue weighted by molar-refractivity contribution is -0.0191. The Morgan fingerprint density at radius 2 is 1.81 bits per heavy atom. The molecule has 0 bridgehead atoms. The first-order chi connectivity index (χ1) is 18.1. The monoisotopic (exact) mass is 520 g/mol. The molecule has 2 heterocycles. The number of hydrazone groups is 1. The Bertz CT molecular complexity index is 1260. The van der Waals surface area contributed by atoms with Crippen molar-refractivity contribution in [3.8, 4) is 23.0 Å². The van der Waals surface area contributed by atoms with Gasteiger partial charge in [0.15, 0.2) is 11.5 Å². The second-order valence-electron chi connectivity index (χ2n) is 9.22. The molecule has 194 valence electrons. The summed E-state index contributed by atoms with van der Waals surface area (Å²) < 4.78 is 23.8. The molecular weight excluding hydrogens is 488 g/mol. The highest BCUT2D eigenvalue weighted by atomic mass is 35.5. The summed E-state index contributed by atoms with van der Waals surface area (Å²) in [6, 6.07) is 19.9. The fourth-order valence-electron chi connectivity index (χ4n) is 4.85. The van der Waals surface area contributed by atoms with Gasteiger partial charge < -0.3 is 18.9 Å². The van der Waals surface area contributed by atoms with Crippen LogP contribution in [0.2, 0.25) is 5.02 Å². The number of ether oxygens (including phenoxy) is 4. The van der Waals surface area contributed by atoms with Gasteiger partial charge in [-0.15, -0.1) is 0 Å². The van der Waals surface area contributed by atoms with Crippen molar-refractivity contribution in [1.29, 1.82) is 0 Å². The molecule has 0 radical (unpaired) electrons. The molecule has 0 aromatic heterocycles. The summed E-state index contributed by atoms with van der Waals surface area (Å²) >= 11 is 6.38. The summed E-state index contributed by atoms with van der Waals surface area (Å²) in [5, 5.41) is 7.78. The molecule has 6 nitrogen and oxygen atoms in total. The van der Waals surface area contributed by atoms with E-state index in [1.54, 1.807) is 7.11 Å². The number of hydrogen-bond acceptors (Lipinski definition) is 6. The average Bonchev–Trinajstić information content (AvgIpc) is 3.37. The Morgan fingerprint density at radius 3 is 2.57 bits per heavy atom. The third kappa shape index (κ3) is 5.35. The standard InChI is InChI=1S/C30H33ClN2O4/c1-4-6-7-16-36-28-14-10-21(17-29(28)34-3)30-33-26(24-18-22(31)11-15-27(24)37-30)19-25(32-33)20-8-12-23(13-9-20)35-5-2/h8-15,17-18,26,30H,4-7,16,19H2,1-3H3/t26-,30-/m1/s1. The second-order valence-corrected chi connectivity index (χ2v) is 9.66. The molecule has 5 rings (SSSR count). The predicted molar refractivity (Wildman–Crippen MR) is 146 cm³/mol. The Kier molecular flexibility index (Phi) is 7.75. The van der Waals surface area contributed by atoms with Crippen molar-refractivity contribution >= 4 is 17.3 Å². The minimum absolute atomic E-state index is 0.00461. The van der Waals surface area contributed by atoms with E-state index in [1.165, 1.54) is 0 Å². The fourth-order valence-corrected chi connectivity index (χ4v) is 5.03. The largest absolute Gasteiger partial charge is 0.494 e. The molecule has 3 aromatic rings. The van der Waals surface area contributed by atoms with Crippen molar-refractivity contribution in [3.63, 3.8) is 0 Å². The first-order valence-electron chi connectivity index (χ1n) is 13.0. The third-order valence-electron chi connectivity index (χ3n) is 6.73. The molecule has 0 aliphatic carbocycles. The van der Waals surface area contributed by atoms with Gasteiger partial charge in [-0.3, -0.25) is 0 Å². The van der Waals surface area contributed by atoms with Gasteiger partial charge in [-0.25, -0.2) is 5.01 Å². The number of methoxy groups -OCH3 is 1. The van der Waals surface area contributed by atoms with Crippen LogP contribution in [-0.2, 0) is 0 Å². The lowest BCUT2D eigenvalue weighted by Crippen LogP contribution is -2.33. The summed E-state index contributed by atoms with van der Waals surface area (Å²) in [5.74, 6) is 3.09. The number of halogens is 1. The van der Waals surface area contributed by atoms with Crippen LogP contribution in [0.4, 0.5) is 0 Å². The summed E-state index contributed by atoms with van der Waals surface area (Å²) in [6.45, 7) is 5.47. The molecule has 0 unspecified atom stereocenters. The van der Waals surface area contributed by atoms with E-state index in [0.29, 0.717) is 24.0 Å². The zero-order valence-electron chi connectivity index (χ0n) is 21.6. The number of fused-ring (bicyclic) bond motifs is 3. The molecule has 2 atom stereocenters. The minimum atomic E-state index is -0.415. The quantitative estimate of drug-likeness (QED) is 0.258. The van der Waals surface area contributed by atoms with Crippen LogP contribution in [0.1, 0.15) is 68.5 Å². The normalized spacial score (nSPS) is 17.9. The molecule has 0 fully saturated rings. The van der Waals surface area contributed by atoms with Crippen molar-refractivity contribution in [2.24, 2.45) is 5.10 Å². The highest BCUT2D eigenvalue weighted by Gasteiger charge is 2.41. The van der Waals surface area contributed by atoms with E-state index in [0.717, 1.165) is 65.3 Å². The highest BCUT2D eigenvalue weighted by Crippen LogP contribution is 2.49. The van der Waals surface area contributed by atoms with Crippen LogP contribution in [0, 0.1) is 0 Å². The first-order valence-corrected chi connectivity index (χ1v) is 13.3. The van der Waals surface area contributed by atoms with Gasteiger partial charge in [-0.1, -0.05) is 31.4 Å². The summed E-state index contributed by atoms with van der Waals surface area (Å²) in [4.78, 5) is 0. The van der Waals surface area contributed by atoms with Crippen molar-refractivity contribution < 1.29 is 18.9 Å². The van der Waals surface area contributed by atoms with Gasteiger partial charge in [0.05, 0.1) is 32.1 Å². The Morgan fingerprint density at radius 1 is 0.973 bits per heavy atom. The fraction of sp³-hybridized carbons (Fsp3) is 0.367. The maximum atomic E-state index is 6.52. The number of nitrogens with zero attached hydrogens (tertiary/aromatic N) is 2. The smallest absolute Gasteiger partial charge is 0.214 e. The van der Waals surface area contributed by atoms with Gasteiger partial charge in [0, 0.05) is 22.6 Å². The molecule has 0 amide bonds. The van der Waals surface area contributed by atoms with Crippen LogP contribution in [0.15, 0.2) is 65.8 Å². The summed E-state index contributed by atoms with van der Waals surface area (Å²) in [5.41, 5.74) is 4.04. The SMILES string of the molecule is CCCCCOc1ccc([C@H]2Oc3ccc(Cl)cc3[C@H]3CC(c4ccc(OCC)cc4)=NN32)cc1OC. The van der Waals surface area contributed by atoms with Gasteiger partial charge in [-0.2, -0.15) is 5.10 Å². The molecular formula is C30H33ClN2O4. The van der Waals surface area contributed by atoms with Crippen molar-refractivity contribution in [2.75, 3.05) is 20.3 Å². The molecule has 0 N–H and O–H groups in total. The van der Waals surface area contributed by atoms with E-state index in [4.69, 9.17) is 35.6 Å². The molecule has 0 spiro atoms. The zero-order valence-corrected chi connectivity index (χ0v) is 22.3. The van der Waals surface area contributed by atoms with Crippen LogP contribution in [0.3, 0.4) is 0 Å². The lowest BCUT2D eigenvalue weighted by atomic mass is 9.96. The van der Waals surface area contributed by atoms with Crippen LogP contribution < -0.4 is 18.9 Å². The van der Waals surface area contributed by atoms with Crippen LogP contribution in [0.25, 0.3) is 0 Å². The molecule has 0 saturated heterocycles. The van der Waals surface area contributed by atoms with E-state index in [-0.39, 0.29) is 6.04 Å². The van der Waals surface area contributed by atoms with Gasteiger partial charge in [0.1, 0.15) is 11.5 Å². The molecule has 7 heteroatoms. The summed E-state index contributed by atoms with van der Waals surface area (Å²) in [6.07, 6.45) is 3.65. The minimum Gasteiger partial charge on any atom is -0.494 e. The highest BCUT2D eigenvalue weighted by molar-refractivity contribution is 6.30. The Balaban J connectivity index is 1.47. The third-order valence-corrected chi connectivity index (χ3v) is 6.96. The first kappa shape index (κ1) is 25.3. The van der Waals surface area contributed by atoms with Gasteiger partial charge in [-0.05, 0) is 79.6 Å². The Hall–Kier alpha value is -3.38. The van der Waals surface area contributed by atoms with Gasteiger partial charge in [0.25, 0.3) is 0 Å². The molecule has 2 aliphatic heterocycles. The number of unbranched alkanes of at least 4 members (excludes halogenated alkanes) is 2. The van der Waals surface area contributed by atoms with E-state index in [1.807, 2.05) is 60.5 Å². The Labute approximate surface area is 223 Å². The van der Waals surface area contributed by atoms with Gasteiger partial charge >= 0.3 is 0 Å². The zero-order chi connectivity index (χ0) is 25.8. The average molecular weight is 521 g/mol. The van der Waals surface area contributed by atoms with Crippen LogP contribution in [0.5, 0.6) is 23.0 Å². The maximum absolute atomic E-state index is 6.52. The van der Waals surface area contributed by atoms with Crippen LogP contribution in [-0.4, -0.2) is 31.0 Å². The number of benzene rings is 3. The van der Waals surface area contributed by atoms with Crippen LogP contribution >= 0.6 is 11.6 Å². The van der Waals surface area contributed by atoms with E-state index < -0.39 is 6.23 Å². The topological polar surface area (TPSA) is 52.5 Å². The molecule has 0 saturated carbocycles. The molecule has 3 aromatic carbocycles. The predicted octanol–water partition coefficient (Wildman–Crippen LogP) is 7.56. The molecule has 2 aliphatic rings. The van der Waals surface area contributed by atoms with E-state index >= 15 is 0 Å². The van der Waals surface area contributed by atoms with Crippen molar-refractivity contribution in [2.45, 2.75) is 51.8 Å². The lowest BCUT2D eigenvalue weighted by Gasteiger charge is -2.38. The van der Waals surface area contributed by atoms with Crippen molar-refractivity contribution in [3.05, 3.63) is 82.4 Å². The van der Waals surface area contributed by atoms with Gasteiger partial charge in [0.2, 0.25) is 6.23 Å². The molecule has 37 heavy (non-hydrogen) atoms. The van der Waals surface area contributed by atoms with Crippen molar-refractivity contribution in [1.82, 2.24) is 5.01 Å². The number of hydrogen-bond donors (Lipinski definition) is 0. The number of rotatable bonds is 10. The maximum Gasteiger partial charge on any atom is 0.214 e. The van der Waals surface area contributed by atoms with E-state index in [9.17, 15) is 0 Å². The summed E-state index contributed by atoms with van der Waals surface area (Å²) in [7, 11) is 1.66. The second kappa shape index (κ2) is 11.3. The van der Waals surface area contributed by atoms with E-state index in [2.05, 4.69) is 19.1 Å².